The van der Waals surface area contributed by atoms with Crippen molar-refractivity contribution >= 4 is 40.1 Å². The molecule has 0 radical (unpaired) electrons. The van der Waals surface area contributed by atoms with Gasteiger partial charge >= 0.3 is 0 Å². The first-order valence-corrected chi connectivity index (χ1v) is 12.2. The Morgan fingerprint density at radius 3 is 2.46 bits per heavy atom. The van der Waals surface area contributed by atoms with Gasteiger partial charge in [0, 0.05) is 59.8 Å². The minimum Gasteiger partial charge on any atom is -0.471 e. The fraction of sp³-hybridized carbons (Fsp3) is 0.333. The molecule has 0 unspecified atom stereocenters. The summed E-state index contributed by atoms with van der Waals surface area (Å²) in [5, 5.41) is 12.5. The number of pyridine rings is 1. The minimum atomic E-state index is -0.854. The Labute approximate surface area is 212 Å². The lowest BCUT2D eigenvalue weighted by atomic mass is 9.72. The molecule has 1 spiro atoms. The van der Waals surface area contributed by atoms with Crippen LogP contribution in [0.15, 0.2) is 43.0 Å². The molecule has 11 heteroatoms. The third-order valence-corrected chi connectivity index (χ3v) is 7.49. The molecule has 5 heterocycles. The van der Waals surface area contributed by atoms with Gasteiger partial charge in [0.15, 0.2) is 6.23 Å². The maximum absolute atomic E-state index is 6.24. The zero-order chi connectivity index (χ0) is 24.0. The summed E-state index contributed by atoms with van der Waals surface area (Å²) in [4.78, 5) is 15.5. The van der Waals surface area contributed by atoms with Crippen molar-refractivity contribution in [2.45, 2.75) is 19.1 Å². The number of hydrogen-bond acceptors (Lipinski definition) is 8. The molecule has 35 heavy (non-hydrogen) atoms. The minimum absolute atomic E-state index is 0.348. The second-order valence-electron chi connectivity index (χ2n) is 9.21. The number of piperidine rings is 1. The van der Waals surface area contributed by atoms with Crippen LogP contribution in [-0.4, -0.2) is 51.3 Å². The van der Waals surface area contributed by atoms with Gasteiger partial charge in [0.25, 0.3) is 0 Å². The van der Waals surface area contributed by atoms with E-state index in [9.17, 15) is 0 Å². The van der Waals surface area contributed by atoms with E-state index >= 15 is 0 Å². The number of hydrogen-bond donors (Lipinski definition) is 3. The van der Waals surface area contributed by atoms with Crippen LogP contribution in [0.1, 0.15) is 24.6 Å². The number of nitrogens with one attached hydrogen (secondary N) is 2. The maximum atomic E-state index is 6.24. The third-order valence-electron chi connectivity index (χ3n) is 6.88. The normalized spacial score (nSPS) is 18.0. The third kappa shape index (κ3) is 4.18. The van der Waals surface area contributed by atoms with Crippen LogP contribution in [0.5, 0.6) is 5.75 Å². The van der Waals surface area contributed by atoms with E-state index in [4.69, 9.17) is 33.7 Å². The molecule has 1 atom stereocenters. The van der Waals surface area contributed by atoms with E-state index < -0.39 is 6.23 Å². The summed E-state index contributed by atoms with van der Waals surface area (Å²) >= 11 is 12.4. The molecule has 9 nitrogen and oxygen atoms in total. The number of aromatic nitrogens is 5. The summed E-state index contributed by atoms with van der Waals surface area (Å²) in [6, 6.07) is 5.58. The van der Waals surface area contributed by atoms with Gasteiger partial charge in [-0.05, 0) is 44.1 Å². The van der Waals surface area contributed by atoms with Crippen molar-refractivity contribution in [3.63, 3.8) is 0 Å². The van der Waals surface area contributed by atoms with Gasteiger partial charge in [-0.1, -0.05) is 23.2 Å². The molecule has 2 aliphatic rings. The average Bonchev–Trinajstić information content (AvgIpc) is 3.26. The molecule has 0 saturated carbocycles. The quantitative estimate of drug-likeness (QED) is 0.345. The molecule has 2 aliphatic heterocycles. The van der Waals surface area contributed by atoms with Gasteiger partial charge in [0.2, 0.25) is 5.95 Å². The van der Waals surface area contributed by atoms with Crippen LogP contribution in [-0.2, 0) is 0 Å². The predicted octanol–water partition coefficient (Wildman–Crippen LogP) is 3.95. The van der Waals surface area contributed by atoms with Crippen molar-refractivity contribution in [2.24, 2.45) is 11.1 Å². The molecular formula is C24H24Cl2N8O. The number of aromatic amines is 1. The average molecular weight is 511 g/mol. The van der Waals surface area contributed by atoms with Gasteiger partial charge in [-0.2, -0.15) is 5.10 Å². The fourth-order valence-electron chi connectivity index (χ4n) is 4.97. The summed E-state index contributed by atoms with van der Waals surface area (Å²) in [6.45, 7) is 4.23. The highest BCUT2D eigenvalue weighted by Crippen LogP contribution is 2.40. The van der Waals surface area contributed by atoms with E-state index in [1.807, 2.05) is 30.6 Å². The molecule has 180 valence electrons. The molecule has 0 amide bonds. The topological polar surface area (TPSA) is 118 Å². The Morgan fingerprint density at radius 2 is 1.74 bits per heavy atom. The van der Waals surface area contributed by atoms with Crippen LogP contribution < -0.4 is 20.7 Å². The summed E-state index contributed by atoms with van der Waals surface area (Å²) in [7, 11) is 0. The highest BCUT2D eigenvalue weighted by atomic mass is 35.5. The first-order valence-electron chi connectivity index (χ1n) is 11.5. The molecule has 0 aliphatic carbocycles. The summed E-state index contributed by atoms with van der Waals surface area (Å²) in [5.74, 6) is 1.32. The van der Waals surface area contributed by atoms with E-state index in [1.54, 1.807) is 0 Å². The lowest BCUT2D eigenvalue weighted by molar-refractivity contribution is 0.148. The van der Waals surface area contributed by atoms with Crippen LogP contribution in [0.3, 0.4) is 0 Å². The van der Waals surface area contributed by atoms with E-state index in [0.29, 0.717) is 26.8 Å². The second-order valence-corrected chi connectivity index (χ2v) is 10.0. The Balaban J connectivity index is 1.21. The van der Waals surface area contributed by atoms with Crippen LogP contribution in [0.2, 0.25) is 10.0 Å². The number of nitrogens with two attached hydrogens (primary N) is 1. The summed E-state index contributed by atoms with van der Waals surface area (Å²) < 4.78 is 5.95. The van der Waals surface area contributed by atoms with Crippen molar-refractivity contribution in [1.29, 1.82) is 0 Å². The largest absolute Gasteiger partial charge is 0.471 e. The monoisotopic (exact) mass is 510 g/mol. The lowest BCUT2D eigenvalue weighted by Gasteiger charge is -2.52. The SMILES string of the molecule is N[C@@H](Oc1ccc2[nH]nc(-c3cnc(N4CC5(CCNCC5)C4)nc3)c2c1)c1c(Cl)cncc1Cl. The first kappa shape index (κ1) is 22.5. The fourth-order valence-corrected chi connectivity index (χ4v) is 5.55. The van der Waals surface area contributed by atoms with Gasteiger partial charge in [0.1, 0.15) is 11.4 Å². The van der Waals surface area contributed by atoms with Crippen molar-refractivity contribution in [2.75, 3.05) is 31.1 Å². The smallest absolute Gasteiger partial charge is 0.225 e. The van der Waals surface area contributed by atoms with Gasteiger partial charge in [-0.25, -0.2) is 9.97 Å². The van der Waals surface area contributed by atoms with Gasteiger partial charge in [-0.15, -0.1) is 0 Å². The number of nitrogens with zero attached hydrogens (tertiary/aromatic N) is 5. The van der Waals surface area contributed by atoms with E-state index in [1.165, 1.54) is 25.2 Å². The Kier molecular flexibility index (Phi) is 5.72. The van der Waals surface area contributed by atoms with E-state index in [2.05, 4.69) is 35.4 Å². The number of H-pyrrole nitrogens is 1. The number of rotatable bonds is 5. The zero-order valence-corrected chi connectivity index (χ0v) is 20.4. The number of anilines is 1. The number of ether oxygens (including phenoxy) is 1. The molecule has 4 N–H and O–H groups in total. The van der Waals surface area contributed by atoms with Crippen molar-refractivity contribution < 1.29 is 4.74 Å². The molecule has 2 saturated heterocycles. The second kappa shape index (κ2) is 8.91. The van der Waals surface area contributed by atoms with Crippen LogP contribution in [0.4, 0.5) is 5.95 Å². The molecule has 2 fully saturated rings. The van der Waals surface area contributed by atoms with Gasteiger partial charge in [0.05, 0.1) is 15.6 Å². The van der Waals surface area contributed by atoms with Crippen LogP contribution in [0.25, 0.3) is 22.2 Å². The Bertz CT molecular complexity index is 1340. The van der Waals surface area contributed by atoms with Gasteiger partial charge < -0.3 is 15.0 Å². The zero-order valence-electron chi connectivity index (χ0n) is 18.8. The van der Waals surface area contributed by atoms with Gasteiger partial charge in [-0.3, -0.25) is 15.8 Å². The lowest BCUT2D eigenvalue weighted by Crippen LogP contribution is -2.60. The number of halogens is 2. The molecule has 1 aromatic carbocycles. The van der Waals surface area contributed by atoms with Crippen molar-refractivity contribution in [3.8, 4) is 17.0 Å². The molecule has 3 aromatic heterocycles. The van der Waals surface area contributed by atoms with Crippen LogP contribution in [0, 0.1) is 5.41 Å². The first-order chi connectivity index (χ1) is 17.0. The van der Waals surface area contributed by atoms with E-state index in [-0.39, 0.29) is 0 Å². The standard InChI is InChI=1S/C24H24Cl2N8O/c25-17-10-29-11-18(26)20(17)22(27)35-15-1-2-19-16(7-15)21(33-32-19)14-8-30-23(31-9-14)34-12-24(13-34)3-5-28-6-4-24/h1-2,7-11,22,28H,3-6,12-13,27H2,(H,32,33)/t22-/m0/s1. The Hall–Kier alpha value is -2.98. The summed E-state index contributed by atoms with van der Waals surface area (Å²) in [6.07, 6.45) is 8.19. The summed E-state index contributed by atoms with van der Waals surface area (Å²) in [5.41, 5.74) is 9.57. The van der Waals surface area contributed by atoms with Crippen molar-refractivity contribution in [3.05, 3.63) is 58.6 Å². The van der Waals surface area contributed by atoms with E-state index in [0.717, 1.165) is 54.3 Å². The molecule has 6 rings (SSSR count). The highest BCUT2D eigenvalue weighted by molar-refractivity contribution is 6.35. The molecular weight excluding hydrogens is 487 g/mol. The number of fused-ring (bicyclic) bond motifs is 1. The molecule has 0 bridgehead atoms. The van der Waals surface area contributed by atoms with Crippen LogP contribution >= 0.6 is 23.2 Å². The molecule has 4 aromatic rings. The Morgan fingerprint density at radius 1 is 1.03 bits per heavy atom. The highest BCUT2D eigenvalue weighted by Gasteiger charge is 2.44. The maximum Gasteiger partial charge on any atom is 0.225 e. The van der Waals surface area contributed by atoms with Crippen molar-refractivity contribution in [1.82, 2.24) is 30.5 Å². The predicted molar refractivity (Wildman–Crippen MR) is 136 cm³/mol. The number of benzene rings is 1.